The Bertz CT molecular complexity index is 1010. The monoisotopic (exact) mass is 466 g/mol. The van der Waals surface area contributed by atoms with E-state index in [2.05, 4.69) is 10.6 Å². The van der Waals surface area contributed by atoms with Gasteiger partial charge in [0.25, 0.3) is 5.91 Å². The first kappa shape index (κ1) is 23.1. The van der Waals surface area contributed by atoms with Crippen molar-refractivity contribution in [3.63, 3.8) is 0 Å². The Hall–Kier alpha value is -2.61. The van der Waals surface area contributed by atoms with Gasteiger partial charge >= 0.3 is 0 Å². The minimum absolute atomic E-state index is 0.0200. The second kappa shape index (κ2) is 10.1. The third-order valence-electron chi connectivity index (χ3n) is 4.43. The molecular formula is C22H21Cl2FN2O4. The minimum atomic E-state index is -0.620. The van der Waals surface area contributed by atoms with Gasteiger partial charge in [0.15, 0.2) is 6.61 Å². The first-order valence-corrected chi connectivity index (χ1v) is 10.2. The van der Waals surface area contributed by atoms with Crippen molar-refractivity contribution in [1.29, 1.82) is 0 Å². The van der Waals surface area contributed by atoms with E-state index < -0.39 is 11.4 Å². The van der Waals surface area contributed by atoms with Gasteiger partial charge in [-0.15, -0.1) is 0 Å². The highest BCUT2D eigenvalue weighted by Gasteiger charge is 2.34. The molecular weight excluding hydrogens is 446 g/mol. The molecule has 1 atom stereocenters. The van der Waals surface area contributed by atoms with Crippen molar-refractivity contribution in [2.75, 3.05) is 13.2 Å². The molecule has 2 aromatic rings. The topological polar surface area (TPSA) is 76.7 Å². The molecule has 0 spiro atoms. The molecule has 2 amide bonds. The Labute approximate surface area is 189 Å². The summed E-state index contributed by atoms with van der Waals surface area (Å²) in [4.78, 5) is 24.1. The zero-order chi connectivity index (χ0) is 22.4. The van der Waals surface area contributed by atoms with E-state index in [4.69, 9.17) is 32.7 Å². The Balaban J connectivity index is 1.37. The third-order valence-corrected chi connectivity index (χ3v) is 4.97. The molecule has 0 aromatic heterocycles. The molecule has 0 heterocycles. The average molecular weight is 467 g/mol. The maximum Gasteiger partial charge on any atom is 0.258 e. The fourth-order valence-electron chi connectivity index (χ4n) is 3.09. The Kier molecular flexibility index (Phi) is 7.54. The summed E-state index contributed by atoms with van der Waals surface area (Å²) in [5.74, 6) is -1.07. The quantitative estimate of drug-likeness (QED) is 0.585. The van der Waals surface area contributed by atoms with E-state index in [0.29, 0.717) is 17.1 Å². The molecule has 0 saturated heterocycles. The summed E-state index contributed by atoms with van der Waals surface area (Å²) in [5.41, 5.74) is 0.970. The lowest BCUT2D eigenvalue weighted by Crippen LogP contribution is -2.53. The van der Waals surface area contributed by atoms with Crippen molar-refractivity contribution in [2.45, 2.75) is 25.5 Å². The molecule has 0 bridgehead atoms. The van der Waals surface area contributed by atoms with E-state index in [1.807, 2.05) is 19.1 Å². The Morgan fingerprint density at radius 3 is 2.61 bits per heavy atom. The van der Waals surface area contributed by atoms with Gasteiger partial charge in [-0.25, -0.2) is 4.39 Å². The number of ether oxygens (including phenoxy) is 2. The number of benzene rings is 2. The lowest BCUT2D eigenvalue weighted by Gasteiger charge is -2.37. The van der Waals surface area contributed by atoms with Gasteiger partial charge in [-0.1, -0.05) is 35.3 Å². The summed E-state index contributed by atoms with van der Waals surface area (Å²) in [6.07, 6.45) is 2.20. The highest BCUT2D eigenvalue weighted by Crippen LogP contribution is 2.28. The largest absolute Gasteiger partial charge is 0.484 e. The van der Waals surface area contributed by atoms with E-state index in [1.165, 1.54) is 12.1 Å². The fourth-order valence-corrected chi connectivity index (χ4v) is 3.42. The lowest BCUT2D eigenvalue weighted by molar-refractivity contribution is -0.125. The van der Waals surface area contributed by atoms with Crippen molar-refractivity contribution in [1.82, 2.24) is 10.6 Å². The van der Waals surface area contributed by atoms with Crippen LogP contribution in [0.25, 0.3) is 0 Å². The maximum absolute atomic E-state index is 13.4. The van der Waals surface area contributed by atoms with Crippen LogP contribution in [0.1, 0.15) is 18.9 Å². The van der Waals surface area contributed by atoms with E-state index in [0.717, 1.165) is 11.6 Å². The first-order valence-electron chi connectivity index (χ1n) is 9.45. The van der Waals surface area contributed by atoms with Gasteiger partial charge in [0, 0.05) is 23.2 Å². The normalized spacial score (nSPS) is 17.4. The Morgan fingerprint density at radius 2 is 1.90 bits per heavy atom. The number of hydrogen-bond donors (Lipinski definition) is 2. The van der Waals surface area contributed by atoms with Crippen molar-refractivity contribution in [3.8, 4) is 5.75 Å². The van der Waals surface area contributed by atoms with E-state index in [1.54, 1.807) is 18.2 Å². The van der Waals surface area contributed by atoms with Crippen LogP contribution in [0.15, 0.2) is 54.2 Å². The fraction of sp³-hybridized carbons (Fsp3) is 0.273. The van der Waals surface area contributed by atoms with E-state index >= 15 is 0 Å². The Morgan fingerprint density at radius 1 is 1.13 bits per heavy atom. The molecule has 0 radical (unpaired) electrons. The summed E-state index contributed by atoms with van der Waals surface area (Å²) in [6.45, 7) is 1.72. The predicted molar refractivity (Wildman–Crippen MR) is 115 cm³/mol. The smallest absolute Gasteiger partial charge is 0.258 e. The number of carbonyl (C=O) groups is 2. The molecule has 2 aromatic carbocycles. The van der Waals surface area contributed by atoms with Crippen LogP contribution in [-0.2, 0) is 20.9 Å². The van der Waals surface area contributed by atoms with Crippen molar-refractivity contribution >= 4 is 35.0 Å². The standard InChI is InChI=1S/C22H21Cl2FN2O4/c1-22(27-21(29)13-31-17-5-6-18(24)19(25)8-17)9-16(10-22)26-20(28)12-30-11-14-3-2-4-15(23)7-14/h2-9H,10-13H2,1H3,(H,26,28)(H,27,29). The zero-order valence-electron chi connectivity index (χ0n) is 16.7. The number of halogens is 3. The highest BCUT2D eigenvalue weighted by atomic mass is 35.5. The van der Waals surface area contributed by atoms with Gasteiger partial charge in [0.05, 0.1) is 17.2 Å². The highest BCUT2D eigenvalue weighted by molar-refractivity contribution is 6.31. The van der Waals surface area contributed by atoms with Crippen molar-refractivity contribution < 1.29 is 23.5 Å². The predicted octanol–water partition coefficient (Wildman–Crippen LogP) is 4.01. The zero-order valence-corrected chi connectivity index (χ0v) is 18.2. The molecule has 0 saturated carbocycles. The van der Waals surface area contributed by atoms with E-state index in [9.17, 15) is 14.0 Å². The average Bonchev–Trinajstić information content (AvgIpc) is 2.68. The molecule has 1 aliphatic carbocycles. The molecule has 1 unspecified atom stereocenters. The summed E-state index contributed by atoms with van der Waals surface area (Å²) >= 11 is 11.5. The van der Waals surface area contributed by atoms with Crippen LogP contribution in [-0.4, -0.2) is 30.6 Å². The molecule has 6 nitrogen and oxygen atoms in total. The van der Waals surface area contributed by atoms with Crippen LogP contribution in [0, 0.1) is 5.82 Å². The molecule has 3 rings (SSSR count). The van der Waals surface area contributed by atoms with Gasteiger partial charge in [-0.05, 0) is 42.8 Å². The summed E-state index contributed by atoms with van der Waals surface area (Å²) < 4.78 is 24.1. The number of carbonyl (C=O) groups excluding carboxylic acids is 2. The number of hydrogen-bond acceptors (Lipinski definition) is 4. The van der Waals surface area contributed by atoms with Gasteiger partial charge in [0.2, 0.25) is 5.91 Å². The van der Waals surface area contributed by atoms with Crippen molar-refractivity contribution in [3.05, 3.63) is 75.7 Å². The van der Waals surface area contributed by atoms with Crippen LogP contribution in [0.2, 0.25) is 10.0 Å². The van der Waals surface area contributed by atoms with Gasteiger partial charge in [-0.3, -0.25) is 9.59 Å². The molecule has 1 aliphatic rings. The number of amides is 2. The molecule has 9 heteroatoms. The summed E-state index contributed by atoms with van der Waals surface area (Å²) in [7, 11) is 0. The van der Waals surface area contributed by atoms with Crippen LogP contribution in [0.4, 0.5) is 4.39 Å². The second-order valence-corrected chi connectivity index (χ2v) is 8.19. The van der Waals surface area contributed by atoms with Crippen LogP contribution in [0.5, 0.6) is 5.75 Å². The summed E-state index contributed by atoms with van der Waals surface area (Å²) in [5, 5.41) is 6.14. The number of rotatable bonds is 9. The minimum Gasteiger partial charge on any atom is -0.484 e. The molecule has 164 valence electrons. The lowest BCUT2D eigenvalue weighted by atomic mass is 9.84. The summed E-state index contributed by atoms with van der Waals surface area (Å²) in [6, 6.07) is 11.2. The van der Waals surface area contributed by atoms with Crippen LogP contribution < -0.4 is 15.4 Å². The first-order chi connectivity index (χ1) is 14.7. The molecule has 2 N–H and O–H groups in total. The second-order valence-electron chi connectivity index (χ2n) is 7.35. The molecule has 0 fully saturated rings. The van der Waals surface area contributed by atoms with E-state index in [-0.39, 0.29) is 42.4 Å². The van der Waals surface area contributed by atoms with Gasteiger partial charge in [-0.2, -0.15) is 0 Å². The third kappa shape index (κ3) is 6.95. The van der Waals surface area contributed by atoms with Gasteiger partial charge in [0.1, 0.15) is 18.2 Å². The van der Waals surface area contributed by atoms with Crippen LogP contribution in [0.3, 0.4) is 0 Å². The molecule has 31 heavy (non-hydrogen) atoms. The van der Waals surface area contributed by atoms with Crippen LogP contribution >= 0.6 is 23.2 Å². The van der Waals surface area contributed by atoms with Gasteiger partial charge < -0.3 is 20.1 Å². The number of nitrogens with one attached hydrogen (secondary N) is 2. The van der Waals surface area contributed by atoms with Crippen molar-refractivity contribution in [2.24, 2.45) is 0 Å². The maximum atomic E-state index is 13.4. The SMILES string of the molecule is CC1(NC(=O)COc2ccc(Cl)c(F)c2)C=C(NC(=O)COCc2cccc(Cl)c2)C1. The molecule has 0 aliphatic heterocycles.